The largest absolute Gasteiger partial charge is 0.383 e. The average molecular weight is 454 g/mol. The smallest absolute Gasteiger partial charge is 0.330 e. The van der Waals surface area contributed by atoms with Crippen LogP contribution >= 0.6 is 0 Å². The van der Waals surface area contributed by atoms with Gasteiger partial charge in [0.25, 0.3) is 5.56 Å². The van der Waals surface area contributed by atoms with Gasteiger partial charge < -0.3 is 15.5 Å². The SMILES string of the molecule is CCCN(C(=O)[C@H]1CC(=O)N(C2CCCC2)C1)c1c(N)n(Cc2ccccc2)c(=O)[nH]c1=O. The number of rotatable bonds is 7. The number of hydrogen-bond donors (Lipinski definition) is 2. The Hall–Kier alpha value is -3.36. The quantitative estimate of drug-likeness (QED) is 0.661. The van der Waals surface area contributed by atoms with Gasteiger partial charge in [-0.2, -0.15) is 0 Å². The molecule has 1 aromatic carbocycles. The van der Waals surface area contributed by atoms with Crippen LogP contribution in [0.5, 0.6) is 0 Å². The van der Waals surface area contributed by atoms with E-state index in [2.05, 4.69) is 4.98 Å². The second-order valence-electron chi connectivity index (χ2n) is 8.94. The van der Waals surface area contributed by atoms with Crippen molar-refractivity contribution in [2.45, 2.75) is 58.0 Å². The number of hydrogen-bond acceptors (Lipinski definition) is 5. The van der Waals surface area contributed by atoms with Gasteiger partial charge >= 0.3 is 5.69 Å². The Morgan fingerprint density at radius 1 is 1.15 bits per heavy atom. The minimum absolute atomic E-state index is 0.00683. The molecule has 2 fully saturated rings. The lowest BCUT2D eigenvalue weighted by atomic mass is 10.1. The number of nitrogens with two attached hydrogens (primary N) is 1. The summed E-state index contributed by atoms with van der Waals surface area (Å²) in [5.41, 5.74) is 5.82. The minimum atomic E-state index is -0.694. The van der Waals surface area contributed by atoms with Crippen molar-refractivity contribution < 1.29 is 9.59 Å². The van der Waals surface area contributed by atoms with Gasteiger partial charge in [-0.3, -0.25) is 23.9 Å². The van der Waals surface area contributed by atoms with E-state index in [0.717, 1.165) is 31.2 Å². The van der Waals surface area contributed by atoms with Gasteiger partial charge in [-0.15, -0.1) is 0 Å². The van der Waals surface area contributed by atoms with Gasteiger partial charge in [0.05, 0.1) is 12.5 Å². The van der Waals surface area contributed by atoms with E-state index in [1.807, 2.05) is 42.2 Å². The van der Waals surface area contributed by atoms with Gasteiger partial charge in [0.15, 0.2) is 5.69 Å². The molecule has 176 valence electrons. The Bertz CT molecular complexity index is 1130. The topological polar surface area (TPSA) is 121 Å². The molecule has 1 saturated heterocycles. The first-order chi connectivity index (χ1) is 15.9. The maximum atomic E-state index is 13.6. The van der Waals surface area contributed by atoms with Crippen molar-refractivity contribution in [2.24, 2.45) is 5.92 Å². The molecule has 0 radical (unpaired) electrons. The van der Waals surface area contributed by atoms with E-state index in [1.165, 1.54) is 9.47 Å². The molecular formula is C24H31N5O4. The molecule has 4 rings (SSSR count). The lowest BCUT2D eigenvalue weighted by molar-refractivity contribution is -0.130. The van der Waals surface area contributed by atoms with Gasteiger partial charge in [-0.1, -0.05) is 50.1 Å². The summed E-state index contributed by atoms with van der Waals surface area (Å²) in [5.74, 6) is -0.884. The number of amides is 2. The fraction of sp³-hybridized carbons (Fsp3) is 0.500. The molecule has 1 aliphatic carbocycles. The highest BCUT2D eigenvalue weighted by molar-refractivity contribution is 6.00. The number of anilines is 2. The molecule has 9 heteroatoms. The normalized spacial score (nSPS) is 18.8. The zero-order chi connectivity index (χ0) is 23.5. The Morgan fingerprint density at radius 2 is 1.85 bits per heavy atom. The third-order valence-electron chi connectivity index (χ3n) is 6.65. The van der Waals surface area contributed by atoms with Gasteiger partial charge in [-0.05, 0) is 24.8 Å². The number of aromatic amines is 1. The molecule has 2 amide bonds. The Balaban J connectivity index is 1.65. The molecule has 1 atom stereocenters. The summed E-state index contributed by atoms with van der Waals surface area (Å²) in [6.07, 6.45) is 4.88. The summed E-state index contributed by atoms with van der Waals surface area (Å²) in [6, 6.07) is 9.48. The zero-order valence-electron chi connectivity index (χ0n) is 19.0. The first kappa shape index (κ1) is 22.8. The number of H-pyrrole nitrogens is 1. The summed E-state index contributed by atoms with van der Waals surface area (Å²) in [4.78, 5) is 57.1. The average Bonchev–Trinajstić information content (AvgIpc) is 3.46. The lowest BCUT2D eigenvalue weighted by Gasteiger charge is -2.27. The molecule has 2 aliphatic rings. The molecule has 33 heavy (non-hydrogen) atoms. The van der Waals surface area contributed by atoms with Crippen molar-refractivity contribution in [3.05, 3.63) is 56.7 Å². The van der Waals surface area contributed by atoms with Crippen LogP contribution in [0.15, 0.2) is 39.9 Å². The monoisotopic (exact) mass is 453 g/mol. The lowest BCUT2D eigenvalue weighted by Crippen LogP contribution is -2.44. The van der Waals surface area contributed by atoms with E-state index in [-0.39, 0.29) is 48.9 Å². The molecule has 2 aromatic rings. The van der Waals surface area contributed by atoms with Gasteiger partial charge in [0.2, 0.25) is 11.8 Å². The van der Waals surface area contributed by atoms with E-state index in [0.29, 0.717) is 13.0 Å². The third-order valence-corrected chi connectivity index (χ3v) is 6.65. The molecule has 2 heterocycles. The second-order valence-corrected chi connectivity index (χ2v) is 8.94. The molecule has 3 N–H and O–H groups in total. The minimum Gasteiger partial charge on any atom is -0.383 e. The van der Waals surface area contributed by atoms with E-state index in [1.54, 1.807) is 0 Å². The number of likely N-dealkylation sites (tertiary alicyclic amines) is 1. The standard InChI is InChI=1S/C24H31N5O4/c1-2-12-27(23(32)17-13-19(30)28(15-17)18-10-6-7-11-18)20-21(25)29(24(33)26-22(20)31)14-16-8-4-3-5-9-16/h3-5,8-9,17-18H,2,6-7,10-15,25H2,1H3,(H,26,31,33)/t17-/m0/s1. The van der Waals surface area contributed by atoms with Gasteiger partial charge in [0, 0.05) is 25.6 Å². The Kier molecular flexibility index (Phi) is 6.67. The van der Waals surface area contributed by atoms with E-state index in [4.69, 9.17) is 5.73 Å². The van der Waals surface area contributed by atoms with Gasteiger partial charge in [0.1, 0.15) is 5.82 Å². The van der Waals surface area contributed by atoms with Crippen LogP contribution in [0, 0.1) is 5.92 Å². The molecule has 9 nitrogen and oxygen atoms in total. The number of aromatic nitrogens is 2. The predicted molar refractivity (Wildman–Crippen MR) is 126 cm³/mol. The van der Waals surface area contributed by atoms with Crippen LogP contribution in [0.2, 0.25) is 0 Å². The second kappa shape index (κ2) is 9.64. The highest BCUT2D eigenvalue weighted by Crippen LogP contribution is 2.31. The van der Waals surface area contributed by atoms with Crippen LogP contribution in [0.1, 0.15) is 51.0 Å². The van der Waals surface area contributed by atoms with E-state index in [9.17, 15) is 19.2 Å². The maximum Gasteiger partial charge on any atom is 0.330 e. The first-order valence-corrected chi connectivity index (χ1v) is 11.7. The Labute approximate surface area is 192 Å². The van der Waals surface area contributed by atoms with E-state index < -0.39 is 17.2 Å². The number of nitrogens with zero attached hydrogens (tertiary/aromatic N) is 3. The summed E-state index contributed by atoms with van der Waals surface area (Å²) in [5, 5.41) is 0. The summed E-state index contributed by atoms with van der Waals surface area (Å²) >= 11 is 0. The highest BCUT2D eigenvalue weighted by Gasteiger charge is 2.41. The zero-order valence-corrected chi connectivity index (χ0v) is 19.0. The van der Waals surface area contributed by atoms with Crippen molar-refractivity contribution >= 4 is 23.3 Å². The van der Waals surface area contributed by atoms with Crippen LogP contribution < -0.4 is 21.9 Å². The number of nitrogen functional groups attached to an aromatic ring is 1. The predicted octanol–water partition coefficient (Wildman–Crippen LogP) is 1.70. The number of carbonyl (C=O) groups excluding carboxylic acids is 2. The fourth-order valence-electron chi connectivity index (χ4n) is 5.00. The molecule has 0 spiro atoms. The number of carbonyl (C=O) groups is 2. The molecule has 0 unspecified atom stereocenters. The molecule has 1 aromatic heterocycles. The summed E-state index contributed by atoms with van der Waals surface area (Å²) < 4.78 is 1.27. The van der Waals surface area contributed by atoms with Crippen molar-refractivity contribution in [2.75, 3.05) is 23.7 Å². The number of nitrogens with one attached hydrogen (secondary N) is 1. The van der Waals surface area contributed by atoms with Crippen LogP contribution in [0.3, 0.4) is 0 Å². The molecule has 0 bridgehead atoms. The van der Waals surface area contributed by atoms with Crippen LogP contribution in [-0.2, 0) is 16.1 Å². The third kappa shape index (κ3) is 4.58. The molecule has 1 aliphatic heterocycles. The van der Waals surface area contributed by atoms with Crippen molar-refractivity contribution in [3.63, 3.8) is 0 Å². The van der Waals surface area contributed by atoms with E-state index >= 15 is 0 Å². The molecule has 1 saturated carbocycles. The Morgan fingerprint density at radius 3 is 2.52 bits per heavy atom. The van der Waals surface area contributed by atoms with Crippen molar-refractivity contribution in [3.8, 4) is 0 Å². The number of benzene rings is 1. The molecular weight excluding hydrogens is 422 g/mol. The first-order valence-electron chi connectivity index (χ1n) is 11.7. The van der Waals surface area contributed by atoms with Crippen molar-refractivity contribution in [1.29, 1.82) is 0 Å². The highest BCUT2D eigenvalue weighted by atomic mass is 16.2. The van der Waals surface area contributed by atoms with Crippen LogP contribution in [0.25, 0.3) is 0 Å². The summed E-state index contributed by atoms with van der Waals surface area (Å²) in [7, 11) is 0. The fourth-order valence-corrected chi connectivity index (χ4v) is 5.00. The van der Waals surface area contributed by atoms with Gasteiger partial charge in [-0.25, -0.2) is 4.79 Å². The van der Waals surface area contributed by atoms with Crippen molar-refractivity contribution in [1.82, 2.24) is 14.5 Å². The van der Waals surface area contributed by atoms with Crippen LogP contribution in [0.4, 0.5) is 11.5 Å². The maximum absolute atomic E-state index is 13.6. The van der Waals surface area contributed by atoms with Crippen LogP contribution in [-0.4, -0.2) is 45.4 Å². The summed E-state index contributed by atoms with van der Waals surface area (Å²) in [6.45, 7) is 2.70.